The summed E-state index contributed by atoms with van der Waals surface area (Å²) in [6.07, 6.45) is 0. The van der Waals surface area contributed by atoms with Crippen molar-refractivity contribution in [3.63, 3.8) is 0 Å². The molecule has 0 fully saturated rings. The molecule has 49 heavy (non-hydrogen) atoms. The molecule has 4 nitrogen and oxygen atoms in total. The maximum absolute atomic E-state index is 5.11. The molecule has 0 saturated carbocycles. The number of hydrogen-bond acceptors (Lipinski definition) is 3. The van der Waals surface area contributed by atoms with E-state index >= 15 is 0 Å². The smallest absolute Gasteiger partial charge is 0.164 e. The van der Waals surface area contributed by atoms with Gasteiger partial charge in [0.2, 0.25) is 0 Å². The molecule has 0 N–H and O–H groups in total. The fourth-order valence-corrected chi connectivity index (χ4v) is 6.66. The maximum atomic E-state index is 5.11. The molecule has 0 radical (unpaired) electrons. The van der Waals surface area contributed by atoms with Gasteiger partial charge in [-0.2, -0.15) is 0 Å². The second-order valence-electron chi connectivity index (χ2n) is 12.1. The van der Waals surface area contributed by atoms with Crippen molar-refractivity contribution in [2.45, 2.75) is 0 Å². The second-order valence-corrected chi connectivity index (χ2v) is 12.1. The molecule has 7 aromatic carbocycles. The summed E-state index contributed by atoms with van der Waals surface area (Å²) in [5.74, 6) is 1.89. The average molecular weight is 627 g/mol. The van der Waals surface area contributed by atoms with E-state index in [9.17, 15) is 0 Å². The molecular formula is C45H30N4. The Morgan fingerprint density at radius 2 is 0.694 bits per heavy atom. The lowest BCUT2D eigenvalue weighted by molar-refractivity contribution is 1.07. The number of aromatic nitrogens is 4. The zero-order valence-corrected chi connectivity index (χ0v) is 26.6. The molecule has 0 saturated heterocycles. The Morgan fingerprint density at radius 1 is 0.286 bits per heavy atom. The van der Waals surface area contributed by atoms with E-state index in [1.54, 1.807) is 0 Å². The third-order valence-electron chi connectivity index (χ3n) is 9.06. The van der Waals surface area contributed by atoms with Crippen molar-refractivity contribution in [2.24, 2.45) is 0 Å². The van der Waals surface area contributed by atoms with Gasteiger partial charge in [-0.05, 0) is 52.6 Å². The number of para-hydroxylation sites is 2. The van der Waals surface area contributed by atoms with Gasteiger partial charge in [0.25, 0.3) is 0 Å². The van der Waals surface area contributed by atoms with Crippen molar-refractivity contribution < 1.29 is 0 Å². The minimum absolute atomic E-state index is 0.625. The van der Waals surface area contributed by atoms with E-state index < -0.39 is 0 Å². The van der Waals surface area contributed by atoms with Gasteiger partial charge in [0.05, 0.1) is 11.0 Å². The summed E-state index contributed by atoms with van der Waals surface area (Å²) in [5, 5.41) is 2.45. The molecule has 9 rings (SSSR count). The van der Waals surface area contributed by atoms with E-state index in [4.69, 9.17) is 15.0 Å². The molecule has 9 aromatic rings. The van der Waals surface area contributed by atoms with Crippen LogP contribution in [-0.2, 0) is 0 Å². The van der Waals surface area contributed by atoms with Crippen LogP contribution in [-0.4, -0.2) is 19.5 Å². The first-order valence-electron chi connectivity index (χ1n) is 16.5. The Hall–Kier alpha value is -6.65. The number of benzene rings is 7. The molecular weight excluding hydrogens is 597 g/mol. The van der Waals surface area contributed by atoms with Gasteiger partial charge in [0.1, 0.15) is 0 Å². The third-order valence-corrected chi connectivity index (χ3v) is 9.06. The lowest BCUT2D eigenvalue weighted by atomic mass is 10.0. The zero-order chi connectivity index (χ0) is 32.6. The molecule has 230 valence electrons. The number of rotatable bonds is 6. The van der Waals surface area contributed by atoms with Crippen molar-refractivity contribution in [1.82, 2.24) is 19.5 Å². The predicted octanol–water partition coefficient (Wildman–Crippen LogP) is 11.3. The second kappa shape index (κ2) is 12.2. The summed E-state index contributed by atoms with van der Waals surface area (Å²) in [4.78, 5) is 15.3. The quantitative estimate of drug-likeness (QED) is 0.184. The third kappa shape index (κ3) is 5.35. The van der Waals surface area contributed by atoms with Gasteiger partial charge in [-0.1, -0.05) is 152 Å². The molecule has 0 aliphatic heterocycles. The monoisotopic (exact) mass is 626 g/mol. The van der Waals surface area contributed by atoms with Crippen LogP contribution in [0.15, 0.2) is 182 Å². The van der Waals surface area contributed by atoms with Crippen molar-refractivity contribution in [3.8, 4) is 62.1 Å². The number of hydrogen-bond donors (Lipinski definition) is 0. The van der Waals surface area contributed by atoms with Crippen molar-refractivity contribution >= 4 is 21.8 Å². The number of fused-ring (bicyclic) bond motifs is 3. The van der Waals surface area contributed by atoms with Crippen LogP contribution in [0.1, 0.15) is 0 Å². The van der Waals surface area contributed by atoms with Gasteiger partial charge >= 0.3 is 0 Å². The summed E-state index contributed by atoms with van der Waals surface area (Å²) in [7, 11) is 0. The predicted molar refractivity (Wildman–Crippen MR) is 201 cm³/mol. The van der Waals surface area contributed by atoms with E-state index in [0.29, 0.717) is 17.5 Å². The van der Waals surface area contributed by atoms with Crippen LogP contribution in [0.3, 0.4) is 0 Å². The highest BCUT2D eigenvalue weighted by atomic mass is 15.0. The molecule has 0 bridgehead atoms. The molecule has 0 amide bonds. The van der Waals surface area contributed by atoms with Crippen LogP contribution in [0, 0.1) is 0 Å². The molecule has 2 aromatic heterocycles. The SMILES string of the molecule is c1ccc(-c2ccc(-c3nc(-c4cccc(-c5ccccc5)c4)nc(-c4cccc(-n5c6ccccc6c6ccccc65)c4)n3)cc2)cc1. The van der Waals surface area contributed by atoms with Gasteiger partial charge in [-0.25, -0.2) is 15.0 Å². The highest BCUT2D eigenvalue weighted by molar-refractivity contribution is 6.09. The van der Waals surface area contributed by atoms with Crippen molar-refractivity contribution in [1.29, 1.82) is 0 Å². The fraction of sp³-hybridized carbons (Fsp3) is 0. The lowest BCUT2D eigenvalue weighted by Crippen LogP contribution is -2.01. The summed E-state index contributed by atoms with van der Waals surface area (Å²) >= 11 is 0. The van der Waals surface area contributed by atoms with Gasteiger partial charge in [-0.15, -0.1) is 0 Å². The molecule has 0 atom stereocenters. The van der Waals surface area contributed by atoms with Crippen LogP contribution in [0.4, 0.5) is 0 Å². The minimum atomic E-state index is 0.625. The highest BCUT2D eigenvalue weighted by Crippen LogP contribution is 2.34. The van der Waals surface area contributed by atoms with Crippen molar-refractivity contribution in [3.05, 3.63) is 182 Å². The zero-order valence-electron chi connectivity index (χ0n) is 26.6. The first-order valence-corrected chi connectivity index (χ1v) is 16.5. The van der Waals surface area contributed by atoms with E-state index in [1.807, 2.05) is 12.1 Å². The standard InChI is InChI=1S/C45H30N4/c1-3-13-31(14-4-1)33-25-27-34(28-26-33)43-46-44(36-18-11-17-35(29-36)32-15-5-2-6-16-32)48-45(47-43)37-19-12-20-38(30-37)49-41-23-9-7-21-39(41)40-22-8-10-24-42(40)49/h1-30H. The van der Waals surface area contributed by atoms with E-state index in [1.165, 1.54) is 16.3 Å². The molecule has 0 aliphatic carbocycles. The van der Waals surface area contributed by atoms with E-state index in [2.05, 4.69) is 174 Å². The van der Waals surface area contributed by atoms with Gasteiger partial charge < -0.3 is 4.57 Å². The van der Waals surface area contributed by atoms with Gasteiger partial charge in [-0.3, -0.25) is 0 Å². The first kappa shape index (κ1) is 28.6. The Morgan fingerprint density at radius 3 is 1.31 bits per heavy atom. The van der Waals surface area contributed by atoms with Crippen LogP contribution < -0.4 is 0 Å². The normalized spacial score (nSPS) is 11.3. The van der Waals surface area contributed by atoms with Crippen LogP contribution >= 0.6 is 0 Å². The van der Waals surface area contributed by atoms with Crippen LogP contribution in [0.25, 0.3) is 83.9 Å². The minimum Gasteiger partial charge on any atom is -0.309 e. The number of nitrogens with zero attached hydrogens (tertiary/aromatic N) is 4. The highest BCUT2D eigenvalue weighted by Gasteiger charge is 2.16. The summed E-state index contributed by atoms with van der Waals surface area (Å²) in [5.41, 5.74) is 10.7. The molecule has 0 unspecified atom stereocenters. The molecule has 0 aliphatic rings. The average Bonchev–Trinajstić information content (AvgIpc) is 3.53. The maximum Gasteiger partial charge on any atom is 0.164 e. The van der Waals surface area contributed by atoms with E-state index in [-0.39, 0.29) is 0 Å². The Balaban J connectivity index is 1.20. The van der Waals surface area contributed by atoms with Crippen LogP contribution in [0.2, 0.25) is 0 Å². The topological polar surface area (TPSA) is 43.6 Å². The molecule has 2 heterocycles. The van der Waals surface area contributed by atoms with E-state index in [0.717, 1.165) is 50.1 Å². The summed E-state index contributed by atoms with van der Waals surface area (Å²) < 4.78 is 2.32. The van der Waals surface area contributed by atoms with Gasteiger partial charge in [0, 0.05) is 33.2 Å². The Kier molecular flexibility index (Phi) is 7.10. The first-order chi connectivity index (χ1) is 24.3. The summed E-state index contributed by atoms with van der Waals surface area (Å²) in [6.45, 7) is 0. The lowest BCUT2D eigenvalue weighted by Gasteiger charge is -2.12. The molecule has 0 spiro atoms. The Labute approximate surface area is 284 Å². The Bertz CT molecular complexity index is 2530. The summed E-state index contributed by atoms with van der Waals surface area (Å²) in [6, 6.07) is 63.3. The van der Waals surface area contributed by atoms with Gasteiger partial charge in [0.15, 0.2) is 17.5 Å². The largest absolute Gasteiger partial charge is 0.309 e. The molecule has 4 heteroatoms. The fourth-order valence-electron chi connectivity index (χ4n) is 6.66. The van der Waals surface area contributed by atoms with Crippen LogP contribution in [0.5, 0.6) is 0 Å². The van der Waals surface area contributed by atoms with Crippen molar-refractivity contribution in [2.75, 3.05) is 0 Å².